The van der Waals surface area contributed by atoms with E-state index < -0.39 is 22.2 Å². The quantitative estimate of drug-likeness (QED) is 0.204. The van der Waals surface area contributed by atoms with Gasteiger partial charge in [-0.15, -0.1) is 0 Å². The van der Waals surface area contributed by atoms with Crippen LogP contribution in [0.15, 0.2) is 11.6 Å². The van der Waals surface area contributed by atoms with E-state index in [9.17, 15) is 14.7 Å². The Kier molecular flexibility index (Phi) is 9.22. The van der Waals surface area contributed by atoms with E-state index in [0.29, 0.717) is 42.4 Å². The van der Waals surface area contributed by atoms with Crippen LogP contribution in [0.2, 0.25) is 0 Å². The van der Waals surface area contributed by atoms with Gasteiger partial charge in [0.25, 0.3) is 0 Å². The Labute approximate surface area is 296 Å². The molecule has 49 heavy (non-hydrogen) atoms. The molecule has 5 aliphatic carbocycles. The van der Waals surface area contributed by atoms with E-state index in [0.717, 1.165) is 69.9 Å². The third-order valence-electron chi connectivity index (χ3n) is 16.3. The van der Waals surface area contributed by atoms with Gasteiger partial charge in [-0.3, -0.25) is 9.69 Å². The minimum Gasteiger partial charge on any atom is -0.481 e. The first-order valence-electron chi connectivity index (χ1n) is 20.7. The Balaban J connectivity index is 1.09. The van der Waals surface area contributed by atoms with E-state index in [1.54, 1.807) is 0 Å². The number of carboxylic acids is 1. The number of carbonyl (C=O) groups is 2. The van der Waals surface area contributed by atoms with Gasteiger partial charge in [-0.1, -0.05) is 70.9 Å². The summed E-state index contributed by atoms with van der Waals surface area (Å²) in [5.74, 6) is 1.80. The van der Waals surface area contributed by atoms with Crippen LogP contribution >= 0.6 is 0 Å². The Bertz CT molecular complexity index is 1280. The second-order valence-corrected chi connectivity index (χ2v) is 19.0. The lowest BCUT2D eigenvalue weighted by atomic mass is 9.41. The van der Waals surface area contributed by atoms with E-state index in [-0.39, 0.29) is 30.0 Å². The van der Waals surface area contributed by atoms with Gasteiger partial charge in [-0.2, -0.15) is 0 Å². The number of piperidine rings is 1. The second-order valence-electron chi connectivity index (χ2n) is 19.0. The van der Waals surface area contributed by atoms with Gasteiger partial charge < -0.3 is 24.3 Å². The zero-order valence-corrected chi connectivity index (χ0v) is 31.3. The van der Waals surface area contributed by atoms with Crippen LogP contribution in [0.3, 0.4) is 0 Å². The van der Waals surface area contributed by atoms with Crippen LogP contribution in [0.4, 0.5) is 0 Å². The number of carboxylic acid groups (broad SMARTS) is 1. The fraction of sp³-hybridized carbons (Fsp3) is 0.905. The molecule has 3 aliphatic heterocycles. The van der Waals surface area contributed by atoms with E-state index in [1.165, 1.54) is 57.7 Å². The normalized spacial score (nSPS) is 47.9. The molecule has 8 aliphatic rings. The van der Waals surface area contributed by atoms with Crippen molar-refractivity contribution in [3.8, 4) is 0 Å². The van der Waals surface area contributed by atoms with Crippen LogP contribution in [0.5, 0.6) is 0 Å². The van der Waals surface area contributed by atoms with Crippen molar-refractivity contribution >= 4 is 12.3 Å². The lowest BCUT2D eigenvalue weighted by molar-refractivity contribution is -0.197. The molecular weight excluding hydrogens is 612 g/mol. The van der Waals surface area contributed by atoms with Gasteiger partial charge >= 0.3 is 5.97 Å². The van der Waals surface area contributed by atoms with E-state index in [2.05, 4.69) is 50.5 Å². The zero-order chi connectivity index (χ0) is 34.3. The van der Waals surface area contributed by atoms with Gasteiger partial charge in [0.05, 0.1) is 29.8 Å². The van der Waals surface area contributed by atoms with Crippen molar-refractivity contribution in [2.45, 2.75) is 149 Å². The average Bonchev–Trinajstić information content (AvgIpc) is 3.78. The number of aldehydes is 1. The zero-order valence-electron chi connectivity index (χ0n) is 31.3. The lowest BCUT2D eigenvalue weighted by Crippen LogP contribution is -2.65. The number of ether oxygens (including phenoxy) is 2. The van der Waals surface area contributed by atoms with Crippen molar-refractivity contribution in [2.75, 3.05) is 32.7 Å². The van der Waals surface area contributed by atoms with Gasteiger partial charge in [-0.05, 0) is 113 Å². The van der Waals surface area contributed by atoms with Crippen molar-refractivity contribution in [1.82, 2.24) is 9.80 Å². The first-order valence-corrected chi connectivity index (χ1v) is 20.7. The van der Waals surface area contributed by atoms with Crippen molar-refractivity contribution in [2.24, 2.45) is 57.7 Å². The number of hydrogen-bond acceptors (Lipinski definition) is 6. The average molecular weight is 679 g/mol. The molecule has 7 nitrogen and oxygen atoms in total. The summed E-state index contributed by atoms with van der Waals surface area (Å²) in [5, 5.41) is 11.7. The minimum atomic E-state index is -1.15. The topological polar surface area (TPSA) is 79.3 Å². The van der Waals surface area contributed by atoms with E-state index in [1.807, 2.05) is 0 Å². The number of nitrogens with zero attached hydrogens (tertiary/aromatic N) is 2. The molecule has 3 heterocycles. The molecule has 3 saturated heterocycles. The first kappa shape index (κ1) is 34.8. The molecule has 12 atom stereocenters. The molecule has 0 aromatic rings. The molecule has 274 valence electrons. The Morgan fingerprint density at radius 2 is 1.69 bits per heavy atom. The monoisotopic (exact) mass is 678 g/mol. The molecule has 0 aromatic carbocycles. The molecule has 8 rings (SSSR count). The predicted molar refractivity (Wildman–Crippen MR) is 191 cm³/mol. The second kappa shape index (κ2) is 13.0. The summed E-state index contributed by atoms with van der Waals surface area (Å²) in [6.45, 7) is 16.4. The molecule has 7 fully saturated rings. The van der Waals surface area contributed by atoms with Crippen LogP contribution in [0, 0.1) is 57.7 Å². The SMILES string of the molecule is CC(C)C1=CC2CC3(C=O)[C@@H]4CC[C@@H](C)[C@H]4CC2(C2CC(CC4CCCCC4)C(CN4CCC(N5C[C@@H](C)O[C@@H](C)C5)CC4)O2)C13C(=O)O. The fourth-order valence-electron chi connectivity index (χ4n) is 14.5. The fourth-order valence-corrected chi connectivity index (χ4v) is 14.5. The molecule has 1 N–H and O–H groups in total. The van der Waals surface area contributed by atoms with Gasteiger partial charge in [-0.25, -0.2) is 0 Å². The van der Waals surface area contributed by atoms with Gasteiger partial charge in [0, 0.05) is 31.1 Å². The molecule has 7 heteroatoms. The van der Waals surface area contributed by atoms with Crippen molar-refractivity contribution in [1.29, 1.82) is 0 Å². The summed E-state index contributed by atoms with van der Waals surface area (Å²) >= 11 is 0. The van der Waals surface area contributed by atoms with Crippen LogP contribution in [-0.2, 0) is 19.1 Å². The third-order valence-corrected chi connectivity index (χ3v) is 16.3. The van der Waals surface area contributed by atoms with E-state index in [4.69, 9.17) is 9.47 Å². The van der Waals surface area contributed by atoms with Gasteiger partial charge in [0.1, 0.15) is 11.7 Å². The summed E-state index contributed by atoms with van der Waals surface area (Å²) < 4.78 is 13.6. The molecule has 0 aromatic heterocycles. The maximum absolute atomic E-state index is 14.2. The highest BCUT2D eigenvalue weighted by molar-refractivity contribution is 5.90. The maximum atomic E-state index is 14.2. The molecular formula is C42H66N2O5. The number of fused-ring (bicyclic) bond motifs is 2. The van der Waals surface area contributed by atoms with Crippen molar-refractivity contribution < 1.29 is 24.2 Å². The number of rotatable bonds is 9. The van der Waals surface area contributed by atoms with Crippen LogP contribution < -0.4 is 0 Å². The first-order chi connectivity index (χ1) is 23.5. The third kappa shape index (κ3) is 5.15. The number of allylic oxidation sites excluding steroid dienone is 1. The molecule has 4 bridgehead atoms. The summed E-state index contributed by atoms with van der Waals surface area (Å²) in [6.07, 6.45) is 19.2. The van der Waals surface area contributed by atoms with Crippen molar-refractivity contribution in [3.05, 3.63) is 11.6 Å². The predicted octanol–water partition coefficient (Wildman–Crippen LogP) is 7.23. The Hall–Kier alpha value is -1.28. The Morgan fingerprint density at radius 1 is 0.980 bits per heavy atom. The number of carbonyl (C=O) groups excluding carboxylic acids is 1. The largest absolute Gasteiger partial charge is 0.481 e. The van der Waals surface area contributed by atoms with Crippen LogP contribution in [-0.4, -0.2) is 90.3 Å². The van der Waals surface area contributed by atoms with Crippen LogP contribution in [0.25, 0.3) is 0 Å². The van der Waals surface area contributed by atoms with Crippen LogP contribution in [0.1, 0.15) is 118 Å². The highest BCUT2D eigenvalue weighted by Crippen LogP contribution is 2.84. The lowest BCUT2D eigenvalue weighted by Gasteiger charge is -2.60. The minimum absolute atomic E-state index is 0.101. The van der Waals surface area contributed by atoms with Gasteiger partial charge in [0.2, 0.25) is 0 Å². The molecule has 0 spiro atoms. The maximum Gasteiger partial charge on any atom is 0.315 e. The molecule has 7 unspecified atom stereocenters. The van der Waals surface area contributed by atoms with E-state index >= 15 is 0 Å². The summed E-state index contributed by atoms with van der Waals surface area (Å²) in [4.78, 5) is 33.3. The molecule has 4 saturated carbocycles. The Morgan fingerprint density at radius 3 is 2.35 bits per heavy atom. The summed E-state index contributed by atoms with van der Waals surface area (Å²) in [6, 6.07) is 0.629. The van der Waals surface area contributed by atoms with Crippen molar-refractivity contribution in [3.63, 3.8) is 0 Å². The molecule has 0 amide bonds. The highest BCUT2D eigenvalue weighted by Gasteiger charge is 2.86. The molecule has 0 radical (unpaired) electrons. The number of morpholine rings is 1. The summed E-state index contributed by atoms with van der Waals surface area (Å²) in [7, 11) is 0. The highest BCUT2D eigenvalue weighted by atomic mass is 16.5. The smallest absolute Gasteiger partial charge is 0.315 e. The summed E-state index contributed by atoms with van der Waals surface area (Å²) in [5.41, 5.74) is -1.45. The number of likely N-dealkylation sites (tertiary alicyclic amines) is 1. The number of hydrogen-bond donors (Lipinski definition) is 1. The standard InChI is InChI=1S/C42H66N2O5/c1-26(2)36-19-32-20-40(25-45)35-12-11-27(3)34(35)21-41(32,42(36,40)39(46)47)38-18-31(17-30-9-7-6-8-10-30)37(49-38)24-43-15-13-33(14-16-43)44-22-28(4)48-29(5)23-44/h19,25-35,37-38H,6-18,20-24H2,1-5H3,(H,46,47)/t27-,28-,29+,31?,32?,34-,35-,37?,38?,40?,41?,42?/m1/s1. The number of aliphatic carboxylic acids is 1. The van der Waals surface area contributed by atoms with Gasteiger partial charge in [0.15, 0.2) is 0 Å².